The quantitative estimate of drug-likeness (QED) is 0.864. The third-order valence-electron chi connectivity index (χ3n) is 5.36. The Hall–Kier alpha value is -2.09. The average molecular weight is 384 g/mol. The Morgan fingerprint density at radius 1 is 1.30 bits per heavy atom. The summed E-state index contributed by atoms with van der Waals surface area (Å²) in [7, 11) is 0. The first-order chi connectivity index (χ1) is 12.6. The summed E-state index contributed by atoms with van der Waals surface area (Å²) in [6, 6.07) is 5.15. The number of rotatable bonds is 3. The fraction of sp³-hybridized carbons (Fsp3) is 0.579. The maximum Gasteiger partial charge on any atom is 0.439 e. The van der Waals surface area contributed by atoms with Crippen molar-refractivity contribution in [2.24, 2.45) is 11.0 Å². The van der Waals surface area contributed by atoms with Gasteiger partial charge in [0.15, 0.2) is 6.61 Å². The van der Waals surface area contributed by atoms with Gasteiger partial charge in [0.25, 0.3) is 11.6 Å². The number of carbonyl (C=O) groups excluding carboxylic acids is 1. The van der Waals surface area contributed by atoms with Crippen molar-refractivity contribution in [1.29, 1.82) is 0 Å². The molecule has 3 rings (SSSR count). The third-order valence-corrected chi connectivity index (χ3v) is 5.36. The Labute approximate surface area is 155 Å². The molecule has 2 aliphatic rings. The van der Waals surface area contributed by atoms with Crippen molar-refractivity contribution in [2.75, 3.05) is 6.61 Å². The van der Waals surface area contributed by atoms with Crippen molar-refractivity contribution in [3.63, 3.8) is 0 Å². The van der Waals surface area contributed by atoms with Crippen molar-refractivity contribution in [3.05, 3.63) is 29.3 Å². The number of amides is 1. The number of benzene rings is 1. The fourth-order valence-electron chi connectivity index (χ4n) is 3.65. The van der Waals surface area contributed by atoms with Gasteiger partial charge in [0, 0.05) is 5.71 Å². The molecule has 1 aromatic rings. The normalized spacial score (nSPS) is 25.6. The maximum atomic E-state index is 13.8. The molecule has 0 saturated heterocycles. The van der Waals surface area contributed by atoms with Crippen LogP contribution >= 0.6 is 0 Å². The second-order valence-corrected chi connectivity index (χ2v) is 7.21. The van der Waals surface area contributed by atoms with E-state index in [1.165, 1.54) is 0 Å². The summed E-state index contributed by atoms with van der Waals surface area (Å²) in [6.07, 6.45) is -2.47. The second kappa shape index (κ2) is 7.14. The van der Waals surface area contributed by atoms with E-state index in [1.807, 2.05) is 13.8 Å². The SMILES string of the molecule is Cc1ccc(OCC(=O)N2N=C3CCCCC[C@H]3[C@@]2(O)C(F)(F)F)cc1C. The van der Waals surface area contributed by atoms with Gasteiger partial charge in [-0.3, -0.25) is 4.79 Å². The first kappa shape index (κ1) is 19.7. The molecule has 148 valence electrons. The molecule has 0 spiro atoms. The van der Waals surface area contributed by atoms with Gasteiger partial charge in [0.05, 0.1) is 5.92 Å². The number of hydrogen-bond donors (Lipinski definition) is 1. The highest BCUT2D eigenvalue weighted by Gasteiger charge is 2.68. The Balaban J connectivity index is 1.81. The first-order valence-corrected chi connectivity index (χ1v) is 9.04. The van der Waals surface area contributed by atoms with Crippen molar-refractivity contribution >= 4 is 11.6 Å². The molecule has 1 fully saturated rings. The molecule has 0 radical (unpaired) electrons. The van der Waals surface area contributed by atoms with Crippen LogP contribution in [0.15, 0.2) is 23.3 Å². The Kier molecular flexibility index (Phi) is 5.20. The molecule has 1 heterocycles. The van der Waals surface area contributed by atoms with Gasteiger partial charge < -0.3 is 9.84 Å². The zero-order chi connectivity index (χ0) is 19.8. The van der Waals surface area contributed by atoms with E-state index in [1.54, 1.807) is 18.2 Å². The van der Waals surface area contributed by atoms with Crippen molar-refractivity contribution in [1.82, 2.24) is 5.01 Å². The maximum absolute atomic E-state index is 13.8. The molecule has 1 saturated carbocycles. The van der Waals surface area contributed by atoms with Crippen molar-refractivity contribution < 1.29 is 27.8 Å². The van der Waals surface area contributed by atoms with Gasteiger partial charge in [-0.05, 0) is 56.4 Å². The minimum Gasteiger partial charge on any atom is -0.484 e. The van der Waals surface area contributed by atoms with Gasteiger partial charge in [-0.1, -0.05) is 18.9 Å². The highest BCUT2D eigenvalue weighted by Crippen LogP contribution is 2.47. The predicted molar refractivity (Wildman–Crippen MR) is 93.3 cm³/mol. The van der Waals surface area contributed by atoms with Gasteiger partial charge in [-0.15, -0.1) is 0 Å². The largest absolute Gasteiger partial charge is 0.484 e. The molecule has 1 aliphatic heterocycles. The Morgan fingerprint density at radius 3 is 2.70 bits per heavy atom. The minimum absolute atomic E-state index is 0.149. The summed E-state index contributed by atoms with van der Waals surface area (Å²) in [5.74, 6) is -1.86. The molecule has 5 nitrogen and oxygen atoms in total. The van der Waals surface area contributed by atoms with Crippen molar-refractivity contribution in [2.45, 2.75) is 57.9 Å². The highest BCUT2D eigenvalue weighted by atomic mass is 19.4. The van der Waals surface area contributed by atoms with E-state index in [-0.39, 0.29) is 17.1 Å². The standard InChI is InChI=1S/C19H23F3N2O3/c1-12-8-9-14(10-13(12)2)27-11-17(25)24-18(26,19(20,21)22)15-6-4-3-5-7-16(15)23-24/h8-10,15,26H,3-7,11H2,1-2H3/t15-,18-/m1/s1. The second-order valence-electron chi connectivity index (χ2n) is 7.21. The highest BCUT2D eigenvalue weighted by molar-refractivity contribution is 5.93. The van der Waals surface area contributed by atoms with E-state index < -0.39 is 30.3 Å². The van der Waals surface area contributed by atoms with E-state index >= 15 is 0 Å². The van der Waals surface area contributed by atoms with Crippen LogP contribution in [0.25, 0.3) is 0 Å². The number of hydrogen-bond acceptors (Lipinski definition) is 4. The molecule has 0 bridgehead atoms. The summed E-state index contributed by atoms with van der Waals surface area (Å²) < 4.78 is 46.6. The number of alkyl halides is 3. The predicted octanol–water partition coefficient (Wildman–Crippen LogP) is 3.71. The van der Waals surface area contributed by atoms with E-state index in [9.17, 15) is 23.1 Å². The lowest BCUT2D eigenvalue weighted by Crippen LogP contribution is -2.61. The molecule has 1 aliphatic carbocycles. The van der Waals surface area contributed by atoms with E-state index in [0.717, 1.165) is 17.5 Å². The van der Waals surface area contributed by atoms with Gasteiger partial charge in [0.2, 0.25) is 0 Å². The van der Waals surface area contributed by atoms with Crippen LogP contribution < -0.4 is 4.74 Å². The summed E-state index contributed by atoms with van der Waals surface area (Å²) in [5.41, 5.74) is -1.09. The van der Waals surface area contributed by atoms with Crippen LogP contribution in [0.1, 0.15) is 43.2 Å². The summed E-state index contributed by atoms with van der Waals surface area (Å²) >= 11 is 0. The molecule has 1 amide bonds. The monoisotopic (exact) mass is 384 g/mol. The van der Waals surface area contributed by atoms with E-state index in [2.05, 4.69) is 5.10 Å². The molecule has 1 N–H and O–H groups in total. The van der Waals surface area contributed by atoms with E-state index in [0.29, 0.717) is 25.0 Å². The summed E-state index contributed by atoms with van der Waals surface area (Å²) in [6.45, 7) is 3.15. The topological polar surface area (TPSA) is 62.1 Å². The number of aryl methyl sites for hydroxylation is 2. The number of aliphatic hydroxyl groups is 1. The van der Waals surface area contributed by atoms with Crippen LogP contribution in [0, 0.1) is 19.8 Å². The number of nitrogens with zero attached hydrogens (tertiary/aromatic N) is 2. The van der Waals surface area contributed by atoms with Crippen LogP contribution in [0.5, 0.6) is 5.75 Å². The van der Waals surface area contributed by atoms with Crippen LogP contribution in [-0.2, 0) is 4.79 Å². The van der Waals surface area contributed by atoms with E-state index in [4.69, 9.17) is 4.74 Å². The lowest BCUT2D eigenvalue weighted by atomic mass is 9.87. The Bertz CT molecular complexity index is 763. The summed E-state index contributed by atoms with van der Waals surface area (Å²) in [4.78, 5) is 12.5. The molecule has 0 aromatic heterocycles. The average Bonchev–Trinajstić information content (AvgIpc) is 2.75. The number of ether oxygens (including phenoxy) is 1. The van der Waals surface area contributed by atoms with Crippen LogP contribution in [-0.4, -0.2) is 40.2 Å². The number of carbonyl (C=O) groups is 1. The Morgan fingerprint density at radius 2 is 2.04 bits per heavy atom. The molecular formula is C19H23F3N2O3. The number of halogens is 3. The molecular weight excluding hydrogens is 361 g/mol. The molecule has 2 atom stereocenters. The van der Waals surface area contributed by atoms with Gasteiger partial charge in [0.1, 0.15) is 5.75 Å². The van der Waals surface area contributed by atoms with Crippen LogP contribution in [0.2, 0.25) is 0 Å². The lowest BCUT2D eigenvalue weighted by molar-refractivity contribution is -0.317. The molecule has 27 heavy (non-hydrogen) atoms. The fourth-order valence-corrected chi connectivity index (χ4v) is 3.65. The minimum atomic E-state index is -5.01. The third kappa shape index (κ3) is 3.54. The summed E-state index contributed by atoms with van der Waals surface area (Å²) in [5, 5.41) is 14.6. The van der Waals surface area contributed by atoms with Gasteiger partial charge in [-0.25, -0.2) is 0 Å². The number of hydrazone groups is 1. The smallest absolute Gasteiger partial charge is 0.439 e. The van der Waals surface area contributed by atoms with Crippen LogP contribution in [0.4, 0.5) is 13.2 Å². The van der Waals surface area contributed by atoms with Gasteiger partial charge >= 0.3 is 6.18 Å². The molecule has 8 heteroatoms. The van der Waals surface area contributed by atoms with Crippen LogP contribution in [0.3, 0.4) is 0 Å². The number of fused-ring (bicyclic) bond motifs is 1. The lowest BCUT2D eigenvalue weighted by Gasteiger charge is -2.37. The zero-order valence-electron chi connectivity index (χ0n) is 15.3. The zero-order valence-corrected chi connectivity index (χ0v) is 15.3. The van der Waals surface area contributed by atoms with Gasteiger partial charge in [-0.2, -0.15) is 23.3 Å². The first-order valence-electron chi connectivity index (χ1n) is 9.04. The molecule has 0 unspecified atom stereocenters. The molecule has 1 aromatic carbocycles. The van der Waals surface area contributed by atoms with Crippen molar-refractivity contribution in [3.8, 4) is 5.75 Å².